The Balaban J connectivity index is 1.20. The monoisotopic (exact) mass is 743 g/mol. The van der Waals surface area contributed by atoms with Gasteiger partial charge in [0.1, 0.15) is 11.2 Å². The summed E-state index contributed by atoms with van der Waals surface area (Å²) in [5, 5.41) is 10.1. The van der Waals surface area contributed by atoms with Crippen LogP contribution < -0.4 is 20.7 Å². The molecule has 0 N–H and O–H groups in total. The van der Waals surface area contributed by atoms with E-state index in [1.807, 2.05) is 6.07 Å². The van der Waals surface area contributed by atoms with E-state index in [9.17, 15) is 0 Å². The molecule has 0 spiro atoms. The van der Waals surface area contributed by atoms with E-state index in [0.717, 1.165) is 44.3 Å². The number of para-hydroxylation sites is 4. The highest BCUT2D eigenvalue weighted by Gasteiger charge is 2.41. The number of fused-ring (bicyclic) bond motifs is 6. The van der Waals surface area contributed by atoms with Crippen LogP contribution in [0.2, 0.25) is 0 Å². The zero-order chi connectivity index (χ0) is 37.8. The van der Waals surface area contributed by atoms with Gasteiger partial charge in [0, 0.05) is 38.4 Å². The van der Waals surface area contributed by atoms with Crippen LogP contribution in [0.25, 0.3) is 71.7 Å². The molecule has 2 aromatic heterocycles. The number of hydrogen-bond acceptors (Lipinski definition) is 1. The molecule has 0 radical (unpaired) electrons. The molecular formula is C54H37NOSi. The summed E-state index contributed by atoms with van der Waals surface area (Å²) in [4.78, 5) is 0. The molecule has 11 aromatic rings. The van der Waals surface area contributed by atoms with Gasteiger partial charge < -0.3 is 8.98 Å². The summed E-state index contributed by atoms with van der Waals surface area (Å²) in [5.41, 5.74) is 9.90. The molecule has 0 aliphatic rings. The second kappa shape index (κ2) is 13.5. The van der Waals surface area contributed by atoms with Gasteiger partial charge in [0.2, 0.25) is 0 Å². The SMILES string of the molecule is c1ccc([Si](c2ccccc2)(c2ccccc2)c2cccc(-n3c4ccccc4c4cccc(-c5ccccc5-c5cccc6c5oc5ccccc56)c43)c2)cc1. The quantitative estimate of drug-likeness (QED) is 0.117. The highest BCUT2D eigenvalue weighted by Crippen LogP contribution is 2.43. The fourth-order valence-electron chi connectivity index (χ4n) is 9.36. The normalized spacial score (nSPS) is 11.9. The Bertz CT molecular complexity index is 3140. The maximum absolute atomic E-state index is 6.61. The van der Waals surface area contributed by atoms with E-state index in [1.54, 1.807) is 0 Å². The van der Waals surface area contributed by atoms with Gasteiger partial charge in [-0.1, -0.05) is 200 Å². The second-order valence-corrected chi connectivity index (χ2v) is 18.6. The van der Waals surface area contributed by atoms with Gasteiger partial charge in [0.05, 0.1) is 11.0 Å². The number of aromatic nitrogens is 1. The lowest BCUT2D eigenvalue weighted by atomic mass is 9.92. The zero-order valence-corrected chi connectivity index (χ0v) is 32.2. The van der Waals surface area contributed by atoms with Gasteiger partial charge in [-0.05, 0) is 56.1 Å². The highest BCUT2D eigenvalue weighted by molar-refractivity contribution is 7.19. The van der Waals surface area contributed by atoms with Gasteiger partial charge >= 0.3 is 0 Å². The minimum atomic E-state index is -2.77. The van der Waals surface area contributed by atoms with Crippen LogP contribution >= 0.6 is 0 Å². The summed E-state index contributed by atoms with van der Waals surface area (Å²) in [6, 6.07) is 82.2. The first-order valence-corrected chi connectivity index (χ1v) is 21.6. The molecule has 0 bridgehead atoms. The predicted octanol–water partition coefficient (Wildman–Crippen LogP) is 11.4. The highest BCUT2D eigenvalue weighted by atomic mass is 28.3. The molecule has 2 heterocycles. The van der Waals surface area contributed by atoms with Crippen LogP contribution in [0, 0.1) is 0 Å². The molecule has 0 unspecified atom stereocenters. The molecule has 3 heteroatoms. The van der Waals surface area contributed by atoms with Gasteiger partial charge in [0.25, 0.3) is 0 Å². The fraction of sp³-hybridized carbons (Fsp3) is 0. The van der Waals surface area contributed by atoms with Crippen molar-refractivity contribution in [2.45, 2.75) is 0 Å². The number of benzene rings is 9. The van der Waals surface area contributed by atoms with Crippen LogP contribution in [0.15, 0.2) is 229 Å². The molecule has 11 rings (SSSR count). The minimum Gasteiger partial charge on any atom is -0.455 e. The third-order valence-electron chi connectivity index (χ3n) is 11.8. The third kappa shape index (κ3) is 5.17. The van der Waals surface area contributed by atoms with E-state index >= 15 is 0 Å². The number of nitrogens with zero attached hydrogens (tertiary/aromatic N) is 1. The number of rotatable bonds is 7. The van der Waals surface area contributed by atoms with Crippen LogP contribution in [0.3, 0.4) is 0 Å². The number of hydrogen-bond donors (Lipinski definition) is 0. The van der Waals surface area contributed by atoms with Gasteiger partial charge in [-0.2, -0.15) is 0 Å². The Hall–Kier alpha value is -7.20. The summed E-state index contributed by atoms with van der Waals surface area (Å²) in [5.74, 6) is 0. The molecule has 0 atom stereocenters. The van der Waals surface area contributed by atoms with Crippen molar-refractivity contribution in [2.75, 3.05) is 0 Å². The Labute approximate surface area is 332 Å². The zero-order valence-electron chi connectivity index (χ0n) is 31.2. The van der Waals surface area contributed by atoms with E-state index in [1.165, 1.54) is 48.1 Å². The van der Waals surface area contributed by atoms with E-state index in [0.29, 0.717) is 0 Å². The molecule has 0 amide bonds. The maximum Gasteiger partial charge on any atom is 0.179 e. The largest absolute Gasteiger partial charge is 0.455 e. The van der Waals surface area contributed by atoms with Crippen LogP contribution in [0.1, 0.15) is 0 Å². The van der Waals surface area contributed by atoms with Crippen LogP contribution in [0.4, 0.5) is 0 Å². The van der Waals surface area contributed by atoms with E-state index in [4.69, 9.17) is 4.42 Å². The van der Waals surface area contributed by atoms with Crippen molar-refractivity contribution >= 4 is 72.6 Å². The summed E-state index contributed by atoms with van der Waals surface area (Å²) < 4.78 is 9.11. The van der Waals surface area contributed by atoms with E-state index < -0.39 is 8.07 Å². The first kappa shape index (κ1) is 33.2. The lowest BCUT2D eigenvalue weighted by molar-refractivity contribution is 0.670. The van der Waals surface area contributed by atoms with Gasteiger partial charge in [-0.25, -0.2) is 0 Å². The van der Waals surface area contributed by atoms with Crippen molar-refractivity contribution in [3.63, 3.8) is 0 Å². The molecule has 0 fully saturated rings. The summed E-state index contributed by atoms with van der Waals surface area (Å²) >= 11 is 0. The molecule has 2 nitrogen and oxygen atoms in total. The van der Waals surface area contributed by atoms with Crippen LogP contribution in [-0.4, -0.2) is 12.6 Å². The molecule has 0 aliphatic carbocycles. The predicted molar refractivity (Wildman–Crippen MR) is 243 cm³/mol. The third-order valence-corrected chi connectivity index (χ3v) is 16.5. The van der Waals surface area contributed by atoms with Crippen molar-refractivity contribution in [3.8, 4) is 27.9 Å². The molecule has 268 valence electrons. The lowest BCUT2D eigenvalue weighted by Gasteiger charge is -2.34. The average molecular weight is 744 g/mol. The van der Waals surface area contributed by atoms with Crippen molar-refractivity contribution in [2.24, 2.45) is 0 Å². The molecule has 0 saturated heterocycles. The number of furan rings is 1. The van der Waals surface area contributed by atoms with Crippen molar-refractivity contribution in [1.82, 2.24) is 4.57 Å². The molecular weight excluding hydrogens is 707 g/mol. The Kier molecular flexibility index (Phi) is 7.87. The van der Waals surface area contributed by atoms with Gasteiger partial charge in [0.15, 0.2) is 8.07 Å². The lowest BCUT2D eigenvalue weighted by Crippen LogP contribution is -2.74. The van der Waals surface area contributed by atoms with Crippen molar-refractivity contribution < 1.29 is 4.42 Å². The summed E-state index contributed by atoms with van der Waals surface area (Å²) in [6.45, 7) is 0. The Morgan fingerprint density at radius 1 is 0.333 bits per heavy atom. The molecule has 0 aliphatic heterocycles. The second-order valence-electron chi connectivity index (χ2n) is 14.8. The van der Waals surface area contributed by atoms with Gasteiger partial charge in [-0.15, -0.1) is 0 Å². The Morgan fingerprint density at radius 2 is 0.807 bits per heavy atom. The standard InChI is InChI=1S/C54H37NOSi/c1-4-20-39(21-5-1)57(40-22-6-2-7-23-40,41-24-8-3-9-25-41)42-26-16-19-38(37-42)55-51-35-14-12-29-45(51)48-32-17-31-47(53(48)55)43-27-10-11-28-44(43)49-33-18-34-50-46-30-13-15-36-52(46)56-54(49)50/h1-37H. The molecule has 9 aromatic carbocycles. The first-order valence-electron chi connectivity index (χ1n) is 19.6. The fourth-order valence-corrected chi connectivity index (χ4v) is 14.1. The molecule has 0 saturated carbocycles. The Morgan fingerprint density at radius 3 is 1.49 bits per heavy atom. The topological polar surface area (TPSA) is 18.1 Å². The van der Waals surface area contributed by atoms with Crippen molar-refractivity contribution in [3.05, 3.63) is 224 Å². The van der Waals surface area contributed by atoms with Crippen LogP contribution in [0.5, 0.6) is 0 Å². The van der Waals surface area contributed by atoms with Crippen molar-refractivity contribution in [1.29, 1.82) is 0 Å². The smallest absolute Gasteiger partial charge is 0.179 e. The summed E-state index contributed by atoms with van der Waals surface area (Å²) in [6.07, 6.45) is 0. The van der Waals surface area contributed by atoms with E-state index in [2.05, 4.69) is 223 Å². The first-order chi connectivity index (χ1) is 28.3. The summed E-state index contributed by atoms with van der Waals surface area (Å²) in [7, 11) is -2.77. The maximum atomic E-state index is 6.61. The average Bonchev–Trinajstić information content (AvgIpc) is 3.84. The van der Waals surface area contributed by atoms with E-state index in [-0.39, 0.29) is 0 Å². The van der Waals surface area contributed by atoms with Gasteiger partial charge in [-0.3, -0.25) is 0 Å². The van der Waals surface area contributed by atoms with Crippen LogP contribution in [-0.2, 0) is 0 Å². The molecule has 57 heavy (non-hydrogen) atoms. The minimum absolute atomic E-state index is 0.903.